The first-order chi connectivity index (χ1) is 8.11. The number of nitrogens with zero attached hydrogens (tertiary/aromatic N) is 1. The van der Waals surface area contributed by atoms with Crippen molar-refractivity contribution in [3.05, 3.63) is 32.7 Å². The molecule has 17 heavy (non-hydrogen) atoms. The van der Waals surface area contributed by atoms with Gasteiger partial charge in [-0.15, -0.1) is 0 Å². The number of hydrogen-bond donors (Lipinski definition) is 1. The number of carbonyl (C=O) groups excluding carboxylic acids is 1. The molecule has 0 aliphatic carbocycles. The van der Waals surface area contributed by atoms with E-state index in [9.17, 15) is 4.79 Å². The molecule has 0 saturated carbocycles. The van der Waals surface area contributed by atoms with Gasteiger partial charge in [-0.2, -0.15) is 0 Å². The molecule has 1 saturated heterocycles. The van der Waals surface area contributed by atoms with Crippen molar-refractivity contribution in [1.29, 1.82) is 0 Å². The molecule has 0 spiro atoms. The van der Waals surface area contributed by atoms with E-state index in [1.165, 1.54) is 0 Å². The lowest BCUT2D eigenvalue weighted by Crippen LogP contribution is -2.30. The number of halogens is 2. The lowest BCUT2D eigenvalue weighted by atomic mass is 10.1. The van der Waals surface area contributed by atoms with Crippen LogP contribution >= 0.6 is 31.9 Å². The van der Waals surface area contributed by atoms with Gasteiger partial charge in [-0.05, 0) is 53.0 Å². The fraction of sp³-hybridized carbons (Fsp3) is 0.417. The molecule has 0 bridgehead atoms. The van der Waals surface area contributed by atoms with Crippen LogP contribution in [0.1, 0.15) is 16.8 Å². The van der Waals surface area contributed by atoms with Crippen LogP contribution < -0.4 is 5.73 Å². The van der Waals surface area contributed by atoms with E-state index in [1.807, 2.05) is 23.1 Å². The molecule has 1 amide bonds. The molecular formula is C12H14Br2N2O. The molecule has 0 aromatic heterocycles. The van der Waals surface area contributed by atoms with Gasteiger partial charge in [0.1, 0.15) is 0 Å². The summed E-state index contributed by atoms with van der Waals surface area (Å²) >= 11 is 6.80. The first-order valence-electron chi connectivity index (χ1n) is 5.56. The maximum atomic E-state index is 12.3. The fourth-order valence-corrected chi connectivity index (χ4v) is 2.82. The first kappa shape index (κ1) is 13.1. The van der Waals surface area contributed by atoms with Crippen LogP contribution in [0, 0.1) is 5.92 Å². The lowest BCUT2D eigenvalue weighted by molar-refractivity contribution is 0.0786. The van der Waals surface area contributed by atoms with Crippen LogP contribution in [-0.4, -0.2) is 30.4 Å². The van der Waals surface area contributed by atoms with E-state index < -0.39 is 0 Å². The maximum absolute atomic E-state index is 12.3. The molecule has 5 heteroatoms. The SMILES string of the molecule is NCC1CCN(C(=O)c2cc(Br)ccc2Br)C1. The van der Waals surface area contributed by atoms with E-state index in [0.717, 1.165) is 28.5 Å². The Balaban J connectivity index is 2.17. The Bertz CT molecular complexity index is 437. The number of carbonyl (C=O) groups is 1. The quantitative estimate of drug-likeness (QED) is 0.880. The van der Waals surface area contributed by atoms with Gasteiger partial charge in [0.15, 0.2) is 0 Å². The smallest absolute Gasteiger partial charge is 0.255 e. The molecule has 1 aromatic carbocycles. The minimum atomic E-state index is 0.0779. The highest BCUT2D eigenvalue weighted by Gasteiger charge is 2.26. The van der Waals surface area contributed by atoms with Crippen molar-refractivity contribution in [2.45, 2.75) is 6.42 Å². The van der Waals surface area contributed by atoms with Crippen LogP contribution in [0.3, 0.4) is 0 Å². The third-order valence-corrected chi connectivity index (χ3v) is 4.25. The van der Waals surface area contributed by atoms with E-state index >= 15 is 0 Å². The molecule has 2 N–H and O–H groups in total. The van der Waals surface area contributed by atoms with E-state index in [2.05, 4.69) is 31.9 Å². The Morgan fingerprint density at radius 2 is 2.24 bits per heavy atom. The summed E-state index contributed by atoms with van der Waals surface area (Å²) in [6, 6.07) is 5.64. The Hall–Kier alpha value is -0.390. The highest BCUT2D eigenvalue weighted by Crippen LogP contribution is 2.25. The van der Waals surface area contributed by atoms with E-state index in [0.29, 0.717) is 18.0 Å². The largest absolute Gasteiger partial charge is 0.338 e. The number of likely N-dealkylation sites (tertiary alicyclic amines) is 1. The third kappa shape index (κ3) is 2.89. The zero-order chi connectivity index (χ0) is 12.4. The summed E-state index contributed by atoms with van der Waals surface area (Å²) in [4.78, 5) is 14.2. The molecule has 1 aromatic rings. The van der Waals surface area contributed by atoms with Gasteiger partial charge >= 0.3 is 0 Å². The fourth-order valence-electron chi connectivity index (χ4n) is 2.04. The molecule has 1 atom stereocenters. The number of hydrogen-bond acceptors (Lipinski definition) is 2. The number of rotatable bonds is 2. The molecule has 2 rings (SSSR count). The zero-order valence-corrected chi connectivity index (χ0v) is 12.5. The Morgan fingerprint density at radius 1 is 1.47 bits per heavy atom. The van der Waals surface area contributed by atoms with Crippen molar-refractivity contribution in [3.8, 4) is 0 Å². The summed E-state index contributed by atoms with van der Waals surface area (Å²) in [6.07, 6.45) is 1.01. The molecule has 1 heterocycles. The summed E-state index contributed by atoms with van der Waals surface area (Å²) in [6.45, 7) is 2.23. The second kappa shape index (κ2) is 5.50. The number of benzene rings is 1. The predicted molar refractivity (Wildman–Crippen MR) is 74.9 cm³/mol. The van der Waals surface area contributed by atoms with Crippen LogP contribution in [0.4, 0.5) is 0 Å². The molecule has 1 fully saturated rings. The Labute approximate surface area is 118 Å². The number of nitrogens with two attached hydrogens (primary N) is 1. The third-order valence-electron chi connectivity index (χ3n) is 3.07. The molecular weight excluding hydrogens is 348 g/mol. The van der Waals surface area contributed by atoms with E-state index in [-0.39, 0.29) is 5.91 Å². The Kier molecular flexibility index (Phi) is 4.22. The van der Waals surface area contributed by atoms with Crippen molar-refractivity contribution in [1.82, 2.24) is 4.90 Å². The van der Waals surface area contributed by atoms with Gasteiger partial charge < -0.3 is 10.6 Å². The highest BCUT2D eigenvalue weighted by molar-refractivity contribution is 9.11. The van der Waals surface area contributed by atoms with Gasteiger partial charge in [-0.1, -0.05) is 15.9 Å². The number of amides is 1. The van der Waals surface area contributed by atoms with Crippen molar-refractivity contribution in [2.75, 3.05) is 19.6 Å². The molecule has 92 valence electrons. The van der Waals surface area contributed by atoms with Gasteiger partial charge in [-0.25, -0.2) is 0 Å². The first-order valence-corrected chi connectivity index (χ1v) is 7.15. The summed E-state index contributed by atoms with van der Waals surface area (Å²) in [7, 11) is 0. The highest BCUT2D eigenvalue weighted by atomic mass is 79.9. The maximum Gasteiger partial charge on any atom is 0.255 e. The monoisotopic (exact) mass is 360 g/mol. The molecule has 1 unspecified atom stereocenters. The van der Waals surface area contributed by atoms with Crippen molar-refractivity contribution >= 4 is 37.8 Å². The second-order valence-corrected chi connectivity index (χ2v) is 6.04. The standard InChI is InChI=1S/C12H14Br2N2O/c13-9-1-2-11(14)10(5-9)12(17)16-4-3-8(6-15)7-16/h1-2,5,8H,3-4,6-7,15H2. The van der Waals surface area contributed by atoms with Gasteiger partial charge in [-0.3, -0.25) is 4.79 Å². The average Bonchev–Trinajstić information content (AvgIpc) is 2.80. The minimum Gasteiger partial charge on any atom is -0.338 e. The Morgan fingerprint density at radius 3 is 2.88 bits per heavy atom. The van der Waals surface area contributed by atoms with Gasteiger partial charge in [0, 0.05) is 22.0 Å². The molecule has 0 radical (unpaired) electrons. The van der Waals surface area contributed by atoms with E-state index in [4.69, 9.17) is 5.73 Å². The normalized spacial score (nSPS) is 19.7. The minimum absolute atomic E-state index is 0.0779. The van der Waals surface area contributed by atoms with E-state index in [1.54, 1.807) is 0 Å². The van der Waals surface area contributed by atoms with Gasteiger partial charge in [0.25, 0.3) is 5.91 Å². The van der Waals surface area contributed by atoms with Crippen LogP contribution in [0.5, 0.6) is 0 Å². The summed E-state index contributed by atoms with van der Waals surface area (Å²) in [5.74, 6) is 0.527. The lowest BCUT2D eigenvalue weighted by Gasteiger charge is -2.17. The summed E-state index contributed by atoms with van der Waals surface area (Å²) in [5, 5.41) is 0. The summed E-state index contributed by atoms with van der Waals surface area (Å²) < 4.78 is 1.75. The zero-order valence-electron chi connectivity index (χ0n) is 9.33. The predicted octanol–water partition coefficient (Wildman–Crippen LogP) is 2.63. The van der Waals surface area contributed by atoms with Crippen LogP contribution in [0.2, 0.25) is 0 Å². The molecule has 3 nitrogen and oxygen atoms in total. The topological polar surface area (TPSA) is 46.3 Å². The van der Waals surface area contributed by atoms with Crippen LogP contribution in [0.15, 0.2) is 27.1 Å². The van der Waals surface area contributed by atoms with Gasteiger partial charge in [0.05, 0.1) is 5.56 Å². The molecule has 1 aliphatic heterocycles. The molecule has 1 aliphatic rings. The van der Waals surface area contributed by atoms with Crippen molar-refractivity contribution in [3.63, 3.8) is 0 Å². The van der Waals surface area contributed by atoms with Gasteiger partial charge in [0.2, 0.25) is 0 Å². The van der Waals surface area contributed by atoms with Crippen molar-refractivity contribution in [2.24, 2.45) is 11.7 Å². The average molecular weight is 362 g/mol. The van der Waals surface area contributed by atoms with Crippen LogP contribution in [-0.2, 0) is 0 Å². The van der Waals surface area contributed by atoms with Crippen molar-refractivity contribution < 1.29 is 4.79 Å². The summed E-state index contributed by atoms with van der Waals surface area (Å²) in [5.41, 5.74) is 6.34. The second-order valence-electron chi connectivity index (χ2n) is 4.27. The van der Waals surface area contributed by atoms with Crippen LogP contribution in [0.25, 0.3) is 0 Å².